The van der Waals surface area contributed by atoms with E-state index in [9.17, 15) is 8.78 Å². The summed E-state index contributed by atoms with van der Waals surface area (Å²) in [7, 11) is 0. The number of halogens is 2. The molecule has 0 N–H and O–H groups in total. The maximum absolute atomic E-state index is 13.7. The van der Waals surface area contributed by atoms with Gasteiger partial charge in [0.1, 0.15) is 11.6 Å². The van der Waals surface area contributed by atoms with E-state index in [4.69, 9.17) is 0 Å². The molecule has 0 saturated carbocycles. The topological polar surface area (TPSA) is 29.0 Å². The Bertz CT molecular complexity index is 569. The summed E-state index contributed by atoms with van der Waals surface area (Å²) < 4.78 is 27.5. The summed E-state index contributed by atoms with van der Waals surface area (Å²) in [6, 6.07) is 4.07. The molecule has 1 atom stereocenters. The van der Waals surface area contributed by atoms with Gasteiger partial charge in [-0.2, -0.15) is 0 Å². The lowest BCUT2D eigenvalue weighted by Gasteiger charge is -2.24. The summed E-state index contributed by atoms with van der Waals surface area (Å²) in [4.78, 5) is 10.4. The van der Waals surface area contributed by atoms with Crippen LogP contribution in [0.5, 0.6) is 0 Å². The van der Waals surface area contributed by atoms with Crippen molar-refractivity contribution in [3.63, 3.8) is 0 Å². The molecule has 5 heteroatoms. The van der Waals surface area contributed by atoms with Crippen LogP contribution in [-0.4, -0.2) is 21.4 Å². The van der Waals surface area contributed by atoms with Crippen molar-refractivity contribution in [1.82, 2.24) is 14.9 Å². The van der Waals surface area contributed by atoms with Gasteiger partial charge in [-0.25, -0.2) is 8.78 Å². The predicted molar refractivity (Wildman–Crippen MR) is 70.8 cm³/mol. The average Bonchev–Trinajstić information content (AvgIpc) is 2.92. The fraction of sp³-hybridized carbons (Fsp3) is 0.333. The minimum Gasteiger partial charge on any atom is -0.290 e. The predicted octanol–water partition coefficient (Wildman–Crippen LogP) is 3.09. The van der Waals surface area contributed by atoms with Crippen molar-refractivity contribution in [1.29, 1.82) is 0 Å². The minimum atomic E-state index is -0.491. The molecular formula is C15H15F2N3. The highest BCUT2D eigenvalue weighted by molar-refractivity contribution is 5.20. The van der Waals surface area contributed by atoms with Gasteiger partial charge in [-0.05, 0) is 31.5 Å². The molecule has 1 fully saturated rings. The van der Waals surface area contributed by atoms with E-state index in [1.165, 1.54) is 18.2 Å². The minimum absolute atomic E-state index is 0.0858. The number of benzene rings is 1. The Labute approximate surface area is 116 Å². The maximum atomic E-state index is 13.7. The monoisotopic (exact) mass is 275 g/mol. The third-order valence-electron chi connectivity index (χ3n) is 3.71. The molecule has 1 aromatic heterocycles. The molecular weight excluding hydrogens is 260 g/mol. The van der Waals surface area contributed by atoms with Crippen molar-refractivity contribution in [2.45, 2.75) is 25.4 Å². The zero-order valence-electron chi connectivity index (χ0n) is 11.0. The number of likely N-dealkylation sites (tertiary alicyclic amines) is 1. The number of hydrogen-bond acceptors (Lipinski definition) is 3. The van der Waals surface area contributed by atoms with Crippen molar-refractivity contribution in [3.05, 3.63) is 59.7 Å². The van der Waals surface area contributed by atoms with Gasteiger partial charge in [0.25, 0.3) is 0 Å². The highest BCUT2D eigenvalue weighted by Crippen LogP contribution is 2.32. The Kier molecular flexibility index (Phi) is 3.69. The van der Waals surface area contributed by atoms with E-state index in [0.29, 0.717) is 0 Å². The fourth-order valence-electron chi connectivity index (χ4n) is 2.72. The van der Waals surface area contributed by atoms with Crippen LogP contribution in [0.3, 0.4) is 0 Å². The molecule has 0 amide bonds. The van der Waals surface area contributed by atoms with Crippen LogP contribution in [0, 0.1) is 11.6 Å². The van der Waals surface area contributed by atoms with Crippen LogP contribution in [0.15, 0.2) is 36.8 Å². The molecule has 0 spiro atoms. The van der Waals surface area contributed by atoms with E-state index in [1.54, 1.807) is 18.6 Å². The van der Waals surface area contributed by atoms with Crippen LogP contribution >= 0.6 is 0 Å². The second-order valence-corrected chi connectivity index (χ2v) is 4.96. The summed E-state index contributed by atoms with van der Waals surface area (Å²) >= 11 is 0. The molecule has 20 heavy (non-hydrogen) atoms. The smallest absolute Gasteiger partial charge is 0.130 e. The van der Waals surface area contributed by atoms with Crippen LogP contribution in [0.1, 0.15) is 30.1 Å². The molecule has 1 aliphatic heterocycles. The van der Waals surface area contributed by atoms with Crippen molar-refractivity contribution in [3.8, 4) is 0 Å². The Hall–Kier alpha value is -1.88. The van der Waals surface area contributed by atoms with E-state index < -0.39 is 11.6 Å². The van der Waals surface area contributed by atoms with Crippen molar-refractivity contribution >= 4 is 0 Å². The molecule has 0 bridgehead atoms. The van der Waals surface area contributed by atoms with Crippen LogP contribution in [0.2, 0.25) is 0 Å². The van der Waals surface area contributed by atoms with Gasteiger partial charge in [-0.15, -0.1) is 0 Å². The maximum Gasteiger partial charge on any atom is 0.130 e. The van der Waals surface area contributed by atoms with E-state index in [1.807, 2.05) is 0 Å². The van der Waals surface area contributed by atoms with Gasteiger partial charge in [0.15, 0.2) is 0 Å². The summed E-state index contributed by atoms with van der Waals surface area (Å²) in [6.45, 7) is 1.08. The molecule has 2 aromatic rings. The highest BCUT2D eigenvalue weighted by atomic mass is 19.1. The third-order valence-corrected chi connectivity index (χ3v) is 3.71. The third kappa shape index (κ3) is 2.54. The van der Waals surface area contributed by atoms with Gasteiger partial charge in [0, 0.05) is 30.7 Å². The first-order valence-corrected chi connectivity index (χ1v) is 6.68. The fourth-order valence-corrected chi connectivity index (χ4v) is 2.72. The molecule has 1 unspecified atom stereocenters. The first-order valence-electron chi connectivity index (χ1n) is 6.68. The second-order valence-electron chi connectivity index (χ2n) is 4.96. The van der Waals surface area contributed by atoms with E-state index >= 15 is 0 Å². The van der Waals surface area contributed by atoms with Gasteiger partial charge in [-0.3, -0.25) is 14.9 Å². The largest absolute Gasteiger partial charge is 0.290 e. The van der Waals surface area contributed by atoms with Gasteiger partial charge in [0.2, 0.25) is 0 Å². The van der Waals surface area contributed by atoms with Gasteiger partial charge in [-0.1, -0.05) is 6.07 Å². The Morgan fingerprint density at radius 1 is 1.20 bits per heavy atom. The standard InChI is InChI=1S/C15H15F2N3/c16-12-3-1-4-13(17)11(12)10-20-8-2-5-15(20)14-9-18-6-7-19-14/h1,3-4,6-7,9,15H,2,5,8,10H2. The number of hydrogen-bond donors (Lipinski definition) is 0. The molecule has 0 aliphatic carbocycles. The lowest BCUT2D eigenvalue weighted by molar-refractivity contribution is 0.237. The highest BCUT2D eigenvalue weighted by Gasteiger charge is 2.28. The first kappa shape index (κ1) is 13.1. The normalized spacial score (nSPS) is 19.4. The molecule has 3 nitrogen and oxygen atoms in total. The quantitative estimate of drug-likeness (QED) is 0.862. The van der Waals surface area contributed by atoms with Crippen molar-refractivity contribution in [2.24, 2.45) is 0 Å². The second kappa shape index (κ2) is 5.63. The van der Waals surface area contributed by atoms with Gasteiger partial charge in [0.05, 0.1) is 11.7 Å². The van der Waals surface area contributed by atoms with Crippen LogP contribution in [-0.2, 0) is 6.54 Å². The summed E-state index contributed by atoms with van der Waals surface area (Å²) in [5, 5.41) is 0. The van der Waals surface area contributed by atoms with Crippen LogP contribution in [0.4, 0.5) is 8.78 Å². The molecule has 1 aromatic carbocycles. The SMILES string of the molecule is Fc1cccc(F)c1CN1CCCC1c1cnccn1. The zero-order valence-corrected chi connectivity index (χ0v) is 11.0. The molecule has 1 aliphatic rings. The van der Waals surface area contributed by atoms with Crippen molar-refractivity contribution < 1.29 is 8.78 Å². The Balaban J connectivity index is 1.83. The first-order chi connectivity index (χ1) is 9.75. The molecule has 3 rings (SSSR count). The summed E-state index contributed by atoms with van der Waals surface area (Å²) in [6.07, 6.45) is 6.93. The Morgan fingerprint density at radius 3 is 2.70 bits per heavy atom. The van der Waals surface area contributed by atoms with E-state index in [-0.39, 0.29) is 18.2 Å². The molecule has 2 heterocycles. The van der Waals surface area contributed by atoms with Gasteiger partial charge >= 0.3 is 0 Å². The number of nitrogens with zero attached hydrogens (tertiary/aromatic N) is 3. The van der Waals surface area contributed by atoms with E-state index in [0.717, 1.165) is 25.1 Å². The lowest BCUT2D eigenvalue weighted by atomic mass is 10.1. The van der Waals surface area contributed by atoms with E-state index in [2.05, 4.69) is 14.9 Å². The Morgan fingerprint density at radius 2 is 2.00 bits per heavy atom. The summed E-state index contributed by atoms with van der Waals surface area (Å²) in [5.41, 5.74) is 0.991. The van der Waals surface area contributed by atoms with Crippen molar-refractivity contribution in [2.75, 3.05) is 6.54 Å². The number of aromatic nitrogens is 2. The molecule has 104 valence electrons. The summed E-state index contributed by atoms with van der Waals surface area (Å²) in [5.74, 6) is -0.982. The molecule has 1 saturated heterocycles. The molecule has 0 radical (unpaired) electrons. The lowest BCUT2D eigenvalue weighted by Crippen LogP contribution is -2.24. The number of rotatable bonds is 3. The van der Waals surface area contributed by atoms with Crippen LogP contribution in [0.25, 0.3) is 0 Å². The zero-order chi connectivity index (χ0) is 13.9. The average molecular weight is 275 g/mol. The van der Waals surface area contributed by atoms with Gasteiger partial charge < -0.3 is 0 Å². The van der Waals surface area contributed by atoms with Crippen LogP contribution < -0.4 is 0 Å².